The van der Waals surface area contributed by atoms with Crippen LogP contribution in [0.3, 0.4) is 0 Å². The van der Waals surface area contributed by atoms with E-state index in [1.54, 1.807) is 32.0 Å². The maximum atomic E-state index is 12.4. The molecule has 0 atom stereocenters. The first kappa shape index (κ1) is 17.8. The van der Waals surface area contributed by atoms with Gasteiger partial charge in [0.25, 0.3) is 0 Å². The second-order valence-corrected chi connectivity index (χ2v) is 7.41. The average Bonchev–Trinajstić information content (AvgIpc) is 2.53. The van der Waals surface area contributed by atoms with Gasteiger partial charge in [-0.15, -0.1) is 0 Å². The van der Waals surface area contributed by atoms with Crippen molar-refractivity contribution in [3.8, 4) is 5.75 Å². The van der Waals surface area contributed by atoms with Gasteiger partial charge in [-0.1, -0.05) is 6.07 Å². The van der Waals surface area contributed by atoms with Gasteiger partial charge in [-0.2, -0.15) is 0 Å². The third-order valence-corrected chi connectivity index (χ3v) is 5.08. The van der Waals surface area contributed by atoms with Gasteiger partial charge in [0, 0.05) is 0 Å². The van der Waals surface area contributed by atoms with E-state index in [2.05, 4.69) is 5.32 Å². The Kier molecular flexibility index (Phi) is 5.14. The average molecular weight is 349 g/mol. The number of rotatable bonds is 6. The number of aromatic carboxylic acids is 1. The molecule has 2 N–H and O–H groups in total. The van der Waals surface area contributed by atoms with Crippen LogP contribution in [0.15, 0.2) is 41.3 Å². The summed E-state index contributed by atoms with van der Waals surface area (Å²) in [5.74, 6) is -0.945. The smallest absolute Gasteiger partial charge is 0.337 e. The summed E-state index contributed by atoms with van der Waals surface area (Å²) < 4.78 is 29.8. The molecule has 2 rings (SSSR count). The van der Waals surface area contributed by atoms with E-state index >= 15 is 0 Å². The molecule has 0 saturated carbocycles. The third kappa shape index (κ3) is 3.86. The van der Waals surface area contributed by atoms with Gasteiger partial charge in [-0.05, 0) is 55.3 Å². The molecular formula is C17H19NO5S. The van der Waals surface area contributed by atoms with Crippen molar-refractivity contribution in [1.82, 2.24) is 0 Å². The van der Waals surface area contributed by atoms with Crippen molar-refractivity contribution >= 4 is 21.5 Å². The molecular weight excluding hydrogens is 330 g/mol. The number of carboxylic acids is 1. The van der Waals surface area contributed by atoms with Gasteiger partial charge in [-0.3, -0.25) is 0 Å². The Morgan fingerprint density at radius 3 is 2.33 bits per heavy atom. The molecule has 0 aliphatic carbocycles. The lowest BCUT2D eigenvalue weighted by Gasteiger charge is -2.14. The number of sulfone groups is 1. The van der Waals surface area contributed by atoms with Crippen LogP contribution in [0.5, 0.6) is 5.75 Å². The van der Waals surface area contributed by atoms with Gasteiger partial charge in [0.2, 0.25) is 0 Å². The van der Waals surface area contributed by atoms with Crippen LogP contribution in [0.25, 0.3) is 0 Å². The fourth-order valence-electron chi connectivity index (χ4n) is 2.40. The van der Waals surface area contributed by atoms with Crippen LogP contribution >= 0.6 is 0 Å². The highest BCUT2D eigenvalue weighted by Crippen LogP contribution is 2.24. The lowest BCUT2D eigenvalue weighted by atomic mass is 10.0. The zero-order chi connectivity index (χ0) is 17.9. The number of methoxy groups -OCH3 is 1. The molecule has 0 unspecified atom stereocenters. The summed E-state index contributed by atoms with van der Waals surface area (Å²) in [6.07, 6.45) is 0. The summed E-state index contributed by atoms with van der Waals surface area (Å²) in [5, 5.41) is 12.1. The zero-order valence-electron chi connectivity index (χ0n) is 13.7. The van der Waals surface area contributed by atoms with Crippen molar-refractivity contribution in [2.45, 2.75) is 18.7 Å². The van der Waals surface area contributed by atoms with Gasteiger partial charge in [-0.25, -0.2) is 13.2 Å². The third-order valence-electron chi connectivity index (χ3n) is 3.57. The fraction of sp³-hybridized carbons (Fsp3) is 0.235. The Hall–Kier alpha value is -2.54. The Labute approximate surface area is 141 Å². The van der Waals surface area contributed by atoms with E-state index in [9.17, 15) is 18.3 Å². The van der Waals surface area contributed by atoms with Crippen molar-refractivity contribution < 1.29 is 23.1 Å². The second-order valence-electron chi connectivity index (χ2n) is 5.42. The maximum absolute atomic E-state index is 12.4. The first-order valence-corrected chi connectivity index (χ1v) is 8.85. The van der Waals surface area contributed by atoms with E-state index in [0.717, 1.165) is 5.56 Å². The highest BCUT2D eigenvalue weighted by atomic mass is 32.2. The number of hydrogen-bond acceptors (Lipinski definition) is 5. The molecule has 0 heterocycles. The van der Waals surface area contributed by atoms with Crippen molar-refractivity contribution in [2.24, 2.45) is 0 Å². The lowest BCUT2D eigenvalue weighted by Crippen LogP contribution is -2.17. The highest BCUT2D eigenvalue weighted by molar-refractivity contribution is 7.91. The van der Waals surface area contributed by atoms with E-state index in [-0.39, 0.29) is 10.5 Å². The molecule has 0 aliphatic rings. The van der Waals surface area contributed by atoms with E-state index in [0.29, 0.717) is 17.0 Å². The molecule has 0 aromatic heterocycles. The summed E-state index contributed by atoms with van der Waals surface area (Å²) in [4.78, 5) is 11.5. The zero-order valence-corrected chi connectivity index (χ0v) is 14.5. The van der Waals surface area contributed by atoms with Crippen LogP contribution in [0, 0.1) is 13.8 Å². The minimum Gasteiger partial charge on any atom is -0.497 e. The van der Waals surface area contributed by atoms with Crippen molar-refractivity contribution in [2.75, 3.05) is 18.3 Å². The minimum absolute atomic E-state index is 0.0532. The largest absolute Gasteiger partial charge is 0.497 e. The number of ether oxygens (including phenoxy) is 1. The number of anilines is 1. The van der Waals surface area contributed by atoms with Gasteiger partial charge < -0.3 is 15.2 Å². The van der Waals surface area contributed by atoms with Gasteiger partial charge in [0.05, 0.1) is 23.3 Å². The molecule has 7 heteroatoms. The highest BCUT2D eigenvalue weighted by Gasteiger charge is 2.18. The van der Waals surface area contributed by atoms with Crippen LogP contribution < -0.4 is 10.1 Å². The Bertz CT molecular complexity index is 857. The molecule has 2 aromatic rings. The molecule has 0 saturated heterocycles. The van der Waals surface area contributed by atoms with Crippen LogP contribution in [0.1, 0.15) is 21.5 Å². The molecule has 128 valence electrons. The number of aryl methyl sites for hydroxylation is 2. The van der Waals surface area contributed by atoms with E-state index in [1.807, 2.05) is 0 Å². The van der Waals surface area contributed by atoms with Gasteiger partial charge in [0.1, 0.15) is 11.6 Å². The molecule has 0 aliphatic heterocycles. The molecule has 0 amide bonds. The number of benzene rings is 2. The SMILES string of the molecule is COc1ccc(S(=O)(=O)CNc2c(C)cc(C)cc2C(=O)O)cc1. The maximum Gasteiger partial charge on any atom is 0.337 e. The predicted octanol–water partition coefficient (Wildman–Crippen LogP) is 2.85. The summed E-state index contributed by atoms with van der Waals surface area (Å²) in [7, 11) is -2.11. The van der Waals surface area contributed by atoms with E-state index < -0.39 is 21.7 Å². The van der Waals surface area contributed by atoms with Crippen LogP contribution in [-0.2, 0) is 9.84 Å². The van der Waals surface area contributed by atoms with E-state index in [1.165, 1.54) is 25.3 Å². The van der Waals surface area contributed by atoms with Crippen molar-refractivity contribution in [3.63, 3.8) is 0 Å². The molecule has 0 radical (unpaired) electrons. The van der Waals surface area contributed by atoms with Gasteiger partial charge in [0.15, 0.2) is 9.84 Å². The standard InChI is InChI=1S/C17H19NO5S/c1-11-8-12(2)16(15(9-11)17(19)20)18-10-24(21,22)14-6-4-13(23-3)5-7-14/h4-9,18H,10H2,1-3H3,(H,19,20). The Morgan fingerprint density at radius 1 is 1.17 bits per heavy atom. The topological polar surface area (TPSA) is 92.7 Å². The van der Waals surface area contributed by atoms with Crippen LogP contribution in [0.4, 0.5) is 5.69 Å². The van der Waals surface area contributed by atoms with Crippen LogP contribution in [-0.4, -0.2) is 32.5 Å². The first-order chi connectivity index (χ1) is 11.2. The van der Waals surface area contributed by atoms with Gasteiger partial charge >= 0.3 is 5.97 Å². The number of carbonyl (C=O) groups is 1. The number of nitrogens with one attached hydrogen (secondary N) is 1. The Morgan fingerprint density at radius 2 is 1.79 bits per heavy atom. The molecule has 0 bridgehead atoms. The summed E-state index contributed by atoms with van der Waals surface area (Å²) >= 11 is 0. The molecule has 24 heavy (non-hydrogen) atoms. The quantitative estimate of drug-likeness (QED) is 0.833. The molecule has 0 spiro atoms. The van der Waals surface area contributed by atoms with Crippen LogP contribution in [0.2, 0.25) is 0 Å². The first-order valence-electron chi connectivity index (χ1n) is 7.20. The summed E-state index contributed by atoms with van der Waals surface area (Å²) in [6, 6.07) is 9.34. The molecule has 6 nitrogen and oxygen atoms in total. The number of carboxylic acid groups (broad SMARTS) is 1. The molecule has 2 aromatic carbocycles. The van der Waals surface area contributed by atoms with E-state index in [4.69, 9.17) is 4.74 Å². The lowest BCUT2D eigenvalue weighted by molar-refractivity contribution is 0.0697. The predicted molar refractivity (Wildman–Crippen MR) is 91.5 cm³/mol. The minimum atomic E-state index is -3.61. The molecule has 0 fully saturated rings. The monoisotopic (exact) mass is 349 g/mol. The Balaban J connectivity index is 2.28. The normalized spacial score (nSPS) is 11.1. The fourth-order valence-corrected chi connectivity index (χ4v) is 3.46. The second kappa shape index (κ2) is 6.92. The summed E-state index contributed by atoms with van der Waals surface area (Å²) in [6.45, 7) is 3.53. The van der Waals surface area contributed by atoms with Crippen molar-refractivity contribution in [1.29, 1.82) is 0 Å². The summed E-state index contributed by atoms with van der Waals surface area (Å²) in [5.41, 5.74) is 1.84. The van der Waals surface area contributed by atoms with Crippen molar-refractivity contribution in [3.05, 3.63) is 53.1 Å². The number of hydrogen-bond donors (Lipinski definition) is 2.